The summed E-state index contributed by atoms with van der Waals surface area (Å²) in [5.41, 5.74) is 3.59. The fourth-order valence-corrected chi connectivity index (χ4v) is 3.83. The van der Waals surface area contributed by atoms with Crippen molar-refractivity contribution in [3.8, 4) is 5.75 Å². The molecule has 4 nitrogen and oxygen atoms in total. The highest BCUT2D eigenvalue weighted by Crippen LogP contribution is 2.43. The maximum absolute atomic E-state index is 11.0. The van der Waals surface area contributed by atoms with Gasteiger partial charge in [0.15, 0.2) is 5.75 Å². The first kappa shape index (κ1) is 18.0. The Hall–Kier alpha value is -2.43. The van der Waals surface area contributed by atoms with Gasteiger partial charge in [-0.1, -0.05) is 42.5 Å². The summed E-state index contributed by atoms with van der Waals surface area (Å²) in [6, 6.07) is 16.3. The van der Waals surface area contributed by atoms with E-state index in [4.69, 9.17) is 4.74 Å². The van der Waals surface area contributed by atoms with E-state index in [-0.39, 0.29) is 6.04 Å². The molecule has 2 heterocycles. The first-order valence-corrected chi connectivity index (χ1v) is 9.50. The minimum Gasteiger partial charge on any atom is -0.482 e. The van der Waals surface area contributed by atoms with Crippen LogP contribution in [0.3, 0.4) is 0 Å². The highest BCUT2D eigenvalue weighted by atomic mass is 16.5. The van der Waals surface area contributed by atoms with Gasteiger partial charge in [0, 0.05) is 17.1 Å². The van der Waals surface area contributed by atoms with Crippen molar-refractivity contribution in [3.63, 3.8) is 0 Å². The van der Waals surface area contributed by atoms with Gasteiger partial charge in [-0.2, -0.15) is 0 Å². The van der Waals surface area contributed by atoms with E-state index in [0.29, 0.717) is 0 Å². The zero-order chi connectivity index (χ0) is 19.0. The Balaban J connectivity index is 1.67. The summed E-state index contributed by atoms with van der Waals surface area (Å²) in [6.07, 6.45) is 2.08. The molecule has 2 unspecified atom stereocenters. The van der Waals surface area contributed by atoms with E-state index in [9.17, 15) is 5.11 Å². The van der Waals surface area contributed by atoms with E-state index in [0.717, 1.165) is 35.2 Å². The molecule has 0 saturated heterocycles. The average molecular weight is 362 g/mol. The molecule has 2 N–H and O–H groups in total. The molecule has 0 saturated carbocycles. The fraction of sp³-hybridized carbons (Fsp3) is 0.348. The molecule has 0 spiro atoms. The number of aliphatic hydroxyl groups is 1. The van der Waals surface area contributed by atoms with Crippen molar-refractivity contribution in [1.29, 1.82) is 0 Å². The van der Waals surface area contributed by atoms with E-state index < -0.39 is 11.7 Å². The van der Waals surface area contributed by atoms with Crippen LogP contribution in [0.2, 0.25) is 0 Å². The van der Waals surface area contributed by atoms with E-state index in [1.54, 1.807) is 0 Å². The third-order valence-corrected chi connectivity index (χ3v) is 5.46. The number of aryl methyl sites for hydroxylation is 1. The van der Waals surface area contributed by atoms with Crippen molar-refractivity contribution in [2.75, 3.05) is 6.54 Å². The number of benzene rings is 2. The van der Waals surface area contributed by atoms with Crippen LogP contribution in [0.1, 0.15) is 36.6 Å². The van der Waals surface area contributed by atoms with Gasteiger partial charge < -0.3 is 15.2 Å². The van der Waals surface area contributed by atoms with E-state index in [1.165, 1.54) is 11.1 Å². The van der Waals surface area contributed by atoms with E-state index >= 15 is 0 Å². The molecule has 140 valence electrons. The van der Waals surface area contributed by atoms with Crippen molar-refractivity contribution in [2.45, 2.75) is 44.9 Å². The molecule has 4 rings (SSSR count). The summed E-state index contributed by atoms with van der Waals surface area (Å²) >= 11 is 0. The summed E-state index contributed by atoms with van der Waals surface area (Å²) in [5, 5.41) is 15.6. The predicted octanol–water partition coefficient (Wildman–Crippen LogP) is 3.95. The standard InChI is InChI=1S/C23H26N2O2/c1-15-11-13-24-19-17(15)9-10-18-20(22(26)23(2,3)27-21(18)19)25-14-12-16-7-5-4-6-8-16/h4-11,13,20,22,25-26H,12,14H2,1-3H3. The second-order valence-electron chi connectivity index (χ2n) is 7.83. The summed E-state index contributed by atoms with van der Waals surface area (Å²) in [4.78, 5) is 4.57. The number of hydrogen-bond acceptors (Lipinski definition) is 4. The minimum absolute atomic E-state index is 0.195. The van der Waals surface area contributed by atoms with E-state index in [2.05, 4.69) is 53.6 Å². The Morgan fingerprint density at radius 1 is 1.11 bits per heavy atom. The van der Waals surface area contributed by atoms with Gasteiger partial charge in [-0.3, -0.25) is 4.98 Å². The summed E-state index contributed by atoms with van der Waals surface area (Å²) in [7, 11) is 0. The fourth-order valence-electron chi connectivity index (χ4n) is 3.83. The Kier molecular flexibility index (Phi) is 4.62. The number of nitrogens with zero attached hydrogens (tertiary/aromatic N) is 1. The van der Waals surface area contributed by atoms with Crippen LogP contribution < -0.4 is 10.1 Å². The van der Waals surface area contributed by atoms with Crippen LogP contribution in [0, 0.1) is 6.92 Å². The van der Waals surface area contributed by atoms with Crippen molar-refractivity contribution in [3.05, 3.63) is 71.4 Å². The topological polar surface area (TPSA) is 54.4 Å². The van der Waals surface area contributed by atoms with Crippen LogP contribution >= 0.6 is 0 Å². The molecule has 0 bridgehead atoms. The van der Waals surface area contributed by atoms with Crippen LogP contribution in [0.5, 0.6) is 5.75 Å². The van der Waals surface area contributed by atoms with Gasteiger partial charge in [0.05, 0.1) is 6.04 Å². The second kappa shape index (κ2) is 6.95. The number of aromatic nitrogens is 1. The maximum Gasteiger partial charge on any atom is 0.151 e. The first-order valence-electron chi connectivity index (χ1n) is 9.50. The van der Waals surface area contributed by atoms with Crippen molar-refractivity contribution < 1.29 is 9.84 Å². The van der Waals surface area contributed by atoms with Crippen LogP contribution in [0.25, 0.3) is 10.9 Å². The predicted molar refractivity (Wildman–Crippen MR) is 108 cm³/mol. The molecule has 0 radical (unpaired) electrons. The van der Waals surface area contributed by atoms with E-state index in [1.807, 2.05) is 32.2 Å². The SMILES string of the molecule is Cc1ccnc2c3c(ccc12)C(NCCc1ccccc1)C(O)C(C)(C)O3. The first-order chi connectivity index (χ1) is 13.0. The highest BCUT2D eigenvalue weighted by Gasteiger charge is 2.43. The largest absolute Gasteiger partial charge is 0.482 e. The van der Waals surface area contributed by atoms with Crippen molar-refractivity contribution in [2.24, 2.45) is 0 Å². The van der Waals surface area contributed by atoms with Crippen LogP contribution in [-0.4, -0.2) is 28.3 Å². The average Bonchev–Trinajstić information content (AvgIpc) is 2.66. The maximum atomic E-state index is 11.0. The Morgan fingerprint density at radius 2 is 1.89 bits per heavy atom. The quantitative estimate of drug-likeness (QED) is 0.738. The molecule has 2 atom stereocenters. The van der Waals surface area contributed by atoms with Crippen molar-refractivity contribution in [1.82, 2.24) is 10.3 Å². The summed E-state index contributed by atoms with van der Waals surface area (Å²) in [6.45, 7) is 6.72. The molecule has 27 heavy (non-hydrogen) atoms. The number of ether oxygens (including phenoxy) is 1. The van der Waals surface area contributed by atoms with Gasteiger partial charge in [-0.15, -0.1) is 0 Å². The summed E-state index contributed by atoms with van der Waals surface area (Å²) < 4.78 is 6.24. The Morgan fingerprint density at radius 3 is 2.67 bits per heavy atom. The van der Waals surface area contributed by atoms with Gasteiger partial charge in [0.1, 0.15) is 17.2 Å². The lowest BCUT2D eigenvalue weighted by Gasteiger charge is -2.42. The zero-order valence-corrected chi connectivity index (χ0v) is 16.1. The molecule has 3 aromatic rings. The molecule has 2 aromatic carbocycles. The van der Waals surface area contributed by atoms with Gasteiger partial charge in [-0.25, -0.2) is 0 Å². The zero-order valence-electron chi connectivity index (χ0n) is 16.1. The number of hydrogen-bond donors (Lipinski definition) is 2. The Labute approximate surface area is 160 Å². The van der Waals surface area contributed by atoms with Gasteiger partial charge in [0.25, 0.3) is 0 Å². The van der Waals surface area contributed by atoms with Crippen LogP contribution in [-0.2, 0) is 6.42 Å². The lowest BCUT2D eigenvalue weighted by atomic mass is 9.85. The molecule has 0 amide bonds. The third-order valence-electron chi connectivity index (χ3n) is 5.46. The molecule has 1 aliphatic rings. The Bertz CT molecular complexity index is 953. The molecule has 1 aliphatic heterocycles. The van der Waals surface area contributed by atoms with Crippen LogP contribution in [0.4, 0.5) is 0 Å². The lowest BCUT2D eigenvalue weighted by molar-refractivity contribution is -0.0634. The lowest BCUT2D eigenvalue weighted by Crippen LogP contribution is -2.52. The molecular weight excluding hydrogens is 336 g/mol. The molecular formula is C23H26N2O2. The normalized spacial score (nSPS) is 20.9. The van der Waals surface area contributed by atoms with Gasteiger partial charge in [-0.05, 0) is 50.9 Å². The van der Waals surface area contributed by atoms with Crippen molar-refractivity contribution >= 4 is 10.9 Å². The number of fused-ring (bicyclic) bond motifs is 3. The summed E-state index contributed by atoms with van der Waals surface area (Å²) in [5.74, 6) is 0.781. The molecule has 0 fully saturated rings. The number of pyridine rings is 1. The van der Waals surface area contributed by atoms with Gasteiger partial charge >= 0.3 is 0 Å². The molecule has 0 aliphatic carbocycles. The van der Waals surface area contributed by atoms with Gasteiger partial charge in [0.2, 0.25) is 0 Å². The number of rotatable bonds is 4. The second-order valence-corrected chi connectivity index (χ2v) is 7.83. The number of nitrogens with one attached hydrogen (secondary N) is 1. The van der Waals surface area contributed by atoms with Crippen LogP contribution in [0.15, 0.2) is 54.7 Å². The minimum atomic E-state index is -0.697. The molecule has 4 heteroatoms. The smallest absolute Gasteiger partial charge is 0.151 e. The monoisotopic (exact) mass is 362 g/mol. The molecule has 1 aromatic heterocycles. The third kappa shape index (κ3) is 3.31. The number of aliphatic hydroxyl groups excluding tert-OH is 1. The highest BCUT2D eigenvalue weighted by molar-refractivity contribution is 5.88.